The van der Waals surface area contributed by atoms with Gasteiger partial charge in [-0.1, -0.05) is 36.4 Å². The third-order valence-corrected chi connectivity index (χ3v) is 6.28. The fraction of sp³-hybridized carbons (Fsp3) is 0.241. The number of benzene rings is 3. The van der Waals surface area contributed by atoms with Crippen molar-refractivity contribution in [3.63, 3.8) is 0 Å². The van der Waals surface area contributed by atoms with Crippen LogP contribution in [-0.2, 0) is 11.2 Å². The van der Waals surface area contributed by atoms with Crippen molar-refractivity contribution in [2.24, 2.45) is 5.73 Å². The number of alkyl halides is 3. The van der Waals surface area contributed by atoms with Crippen LogP contribution in [0.2, 0.25) is 0 Å². The van der Waals surface area contributed by atoms with Crippen LogP contribution in [0.15, 0.2) is 72.9 Å². The van der Waals surface area contributed by atoms with Crippen molar-refractivity contribution < 1.29 is 32.2 Å². The molecule has 0 bridgehead atoms. The minimum absolute atomic E-state index is 0.0638. The van der Waals surface area contributed by atoms with Gasteiger partial charge in [-0.2, -0.15) is 0 Å². The fourth-order valence-corrected chi connectivity index (χ4v) is 4.31. The quantitative estimate of drug-likeness (QED) is 0.205. The van der Waals surface area contributed by atoms with Crippen LogP contribution in [0.5, 0.6) is 5.75 Å². The van der Waals surface area contributed by atoms with Gasteiger partial charge < -0.3 is 30.8 Å². The summed E-state index contributed by atoms with van der Waals surface area (Å²) in [6, 6.07) is 17.4. The normalized spacial score (nSPS) is 12.2. The van der Waals surface area contributed by atoms with Gasteiger partial charge in [-0.05, 0) is 53.4 Å². The monoisotopic (exact) mass is 554 g/mol. The number of aromatic amines is 1. The number of aromatic nitrogens is 1. The summed E-state index contributed by atoms with van der Waals surface area (Å²) in [7, 11) is 1.53. The smallest absolute Gasteiger partial charge is 0.405 e. The van der Waals surface area contributed by atoms with Gasteiger partial charge in [0.25, 0.3) is 11.8 Å². The molecule has 210 valence electrons. The number of carbonyl (C=O) groups is 2. The summed E-state index contributed by atoms with van der Waals surface area (Å²) in [4.78, 5) is 28.7. The Kier molecular flexibility index (Phi) is 9.08. The van der Waals surface area contributed by atoms with Crippen molar-refractivity contribution in [1.29, 1.82) is 0 Å². The van der Waals surface area contributed by atoms with Crippen molar-refractivity contribution in [3.8, 4) is 16.9 Å². The number of ether oxygens (including phenoxy) is 2. The molecule has 11 heteroatoms. The van der Waals surface area contributed by atoms with Crippen molar-refractivity contribution in [2.45, 2.75) is 18.8 Å². The largest absolute Gasteiger partial charge is 0.573 e. The average molecular weight is 555 g/mol. The number of hydrogen-bond acceptors (Lipinski definition) is 5. The zero-order valence-electron chi connectivity index (χ0n) is 21.7. The lowest BCUT2D eigenvalue weighted by Gasteiger charge is -2.19. The second-order valence-corrected chi connectivity index (χ2v) is 9.05. The number of para-hydroxylation sites is 1. The average Bonchev–Trinajstić information content (AvgIpc) is 3.35. The highest BCUT2D eigenvalue weighted by molar-refractivity contribution is 5.99. The maximum absolute atomic E-state index is 13.3. The molecule has 0 aliphatic heterocycles. The molecule has 5 N–H and O–H groups in total. The molecule has 1 heterocycles. The van der Waals surface area contributed by atoms with Crippen LogP contribution >= 0.6 is 0 Å². The number of methoxy groups -OCH3 is 1. The first-order valence-electron chi connectivity index (χ1n) is 12.5. The zero-order chi connectivity index (χ0) is 28.7. The predicted octanol–water partition coefficient (Wildman–Crippen LogP) is 4.41. The number of halogens is 3. The third kappa shape index (κ3) is 7.19. The minimum Gasteiger partial charge on any atom is -0.405 e. The van der Waals surface area contributed by atoms with Gasteiger partial charge in [0, 0.05) is 48.9 Å². The molecule has 0 fully saturated rings. The molecule has 40 heavy (non-hydrogen) atoms. The number of H-pyrrole nitrogens is 1. The first kappa shape index (κ1) is 28.7. The van der Waals surface area contributed by atoms with E-state index >= 15 is 0 Å². The Labute approximate surface area is 228 Å². The summed E-state index contributed by atoms with van der Waals surface area (Å²) in [5.74, 6) is -1.68. The van der Waals surface area contributed by atoms with E-state index in [9.17, 15) is 22.8 Å². The molecule has 0 spiro atoms. The first-order valence-corrected chi connectivity index (χ1v) is 12.5. The van der Waals surface area contributed by atoms with Crippen LogP contribution in [-0.4, -0.2) is 56.0 Å². The number of nitrogens with one attached hydrogen (secondary N) is 3. The van der Waals surface area contributed by atoms with Crippen LogP contribution in [0.25, 0.3) is 22.0 Å². The Bertz CT molecular complexity index is 1470. The lowest BCUT2D eigenvalue weighted by Crippen LogP contribution is -2.42. The Balaban J connectivity index is 1.57. The van der Waals surface area contributed by atoms with E-state index in [2.05, 4.69) is 20.4 Å². The van der Waals surface area contributed by atoms with Gasteiger partial charge in [-0.3, -0.25) is 9.59 Å². The highest BCUT2D eigenvalue weighted by atomic mass is 19.4. The summed E-state index contributed by atoms with van der Waals surface area (Å²) in [6.07, 6.45) is -2.80. The molecule has 0 saturated carbocycles. The van der Waals surface area contributed by atoms with Gasteiger partial charge in [0.15, 0.2) is 0 Å². The lowest BCUT2D eigenvalue weighted by molar-refractivity contribution is -0.274. The first-order chi connectivity index (χ1) is 19.2. The van der Waals surface area contributed by atoms with E-state index in [0.29, 0.717) is 36.3 Å². The number of carbonyl (C=O) groups excluding carboxylic acids is 2. The van der Waals surface area contributed by atoms with E-state index < -0.39 is 24.1 Å². The van der Waals surface area contributed by atoms with Gasteiger partial charge >= 0.3 is 6.36 Å². The molecule has 8 nitrogen and oxygen atoms in total. The standard InChI is InChI=1S/C29H29F3N4O4/c1-39-13-12-34-27(37)19-8-6-18(7-9-19)20-10-11-26(40-29(30,31)32)24(15-20)28(38)36-22(16-33)14-21-17-35-25-5-3-2-4-23(21)25/h2-11,15,17,22,35H,12-14,16,33H2,1H3,(H,34,37)(H,36,38). The molecule has 0 aliphatic rings. The van der Waals surface area contributed by atoms with E-state index in [1.54, 1.807) is 24.3 Å². The lowest BCUT2D eigenvalue weighted by atomic mass is 10.00. The van der Waals surface area contributed by atoms with Crippen molar-refractivity contribution >= 4 is 22.7 Å². The number of nitrogens with two attached hydrogens (primary N) is 1. The molecule has 0 aliphatic carbocycles. The summed E-state index contributed by atoms with van der Waals surface area (Å²) in [5, 5.41) is 6.43. The molecule has 2 amide bonds. The number of amides is 2. The highest BCUT2D eigenvalue weighted by Crippen LogP contribution is 2.31. The maximum atomic E-state index is 13.3. The minimum atomic E-state index is -4.99. The second-order valence-electron chi connectivity index (χ2n) is 9.05. The molecule has 0 radical (unpaired) electrons. The van der Waals surface area contributed by atoms with Crippen LogP contribution in [0.3, 0.4) is 0 Å². The van der Waals surface area contributed by atoms with E-state index in [1.165, 1.54) is 19.2 Å². The van der Waals surface area contributed by atoms with E-state index in [0.717, 1.165) is 22.5 Å². The van der Waals surface area contributed by atoms with Crippen LogP contribution < -0.4 is 21.1 Å². The maximum Gasteiger partial charge on any atom is 0.573 e. The molecule has 0 saturated heterocycles. The van der Waals surface area contributed by atoms with E-state index in [-0.39, 0.29) is 18.0 Å². The van der Waals surface area contributed by atoms with Gasteiger partial charge in [0.1, 0.15) is 5.75 Å². The van der Waals surface area contributed by atoms with Crippen LogP contribution in [0, 0.1) is 0 Å². The van der Waals surface area contributed by atoms with Crippen molar-refractivity contribution in [1.82, 2.24) is 15.6 Å². The van der Waals surface area contributed by atoms with Crippen molar-refractivity contribution in [3.05, 3.63) is 89.6 Å². The van der Waals surface area contributed by atoms with Gasteiger partial charge in [-0.15, -0.1) is 13.2 Å². The fourth-order valence-electron chi connectivity index (χ4n) is 4.31. The molecule has 1 aromatic heterocycles. The number of rotatable bonds is 11. The second kappa shape index (κ2) is 12.7. The highest BCUT2D eigenvalue weighted by Gasteiger charge is 2.33. The molecule has 4 aromatic rings. The zero-order valence-corrected chi connectivity index (χ0v) is 21.7. The Morgan fingerprint density at radius 2 is 1.73 bits per heavy atom. The topological polar surface area (TPSA) is 118 Å². The summed E-state index contributed by atoms with van der Waals surface area (Å²) >= 11 is 0. The Morgan fingerprint density at radius 1 is 1.00 bits per heavy atom. The Morgan fingerprint density at radius 3 is 2.42 bits per heavy atom. The molecular formula is C29H29F3N4O4. The van der Waals surface area contributed by atoms with Crippen molar-refractivity contribution in [2.75, 3.05) is 26.8 Å². The van der Waals surface area contributed by atoms with Crippen LogP contribution in [0.4, 0.5) is 13.2 Å². The Hall–Kier alpha value is -4.35. The molecule has 1 atom stereocenters. The van der Waals surface area contributed by atoms with Gasteiger partial charge in [0.2, 0.25) is 0 Å². The van der Waals surface area contributed by atoms with Gasteiger partial charge in [0.05, 0.1) is 12.2 Å². The summed E-state index contributed by atoms with van der Waals surface area (Å²) in [5.41, 5.74) is 8.92. The van der Waals surface area contributed by atoms with Gasteiger partial charge in [-0.25, -0.2) is 0 Å². The molecule has 3 aromatic carbocycles. The summed E-state index contributed by atoms with van der Waals surface area (Å²) < 4.78 is 48.5. The summed E-state index contributed by atoms with van der Waals surface area (Å²) in [6.45, 7) is 0.780. The SMILES string of the molecule is COCCNC(=O)c1ccc(-c2ccc(OC(F)(F)F)c(C(=O)NC(CN)Cc3c[nH]c4ccccc34)c2)cc1. The molecule has 1 unspecified atom stereocenters. The molecule has 4 rings (SSSR count). The third-order valence-electron chi connectivity index (χ3n) is 6.28. The number of fused-ring (bicyclic) bond motifs is 1. The molecular weight excluding hydrogens is 525 g/mol. The van der Waals surface area contributed by atoms with Crippen LogP contribution in [0.1, 0.15) is 26.3 Å². The predicted molar refractivity (Wildman–Crippen MR) is 145 cm³/mol. The van der Waals surface area contributed by atoms with E-state index in [4.69, 9.17) is 10.5 Å². The number of hydrogen-bond donors (Lipinski definition) is 4. The van der Waals surface area contributed by atoms with E-state index in [1.807, 2.05) is 30.5 Å².